The highest BCUT2D eigenvalue weighted by Gasteiger charge is 2.28. The predicted octanol–water partition coefficient (Wildman–Crippen LogP) is 2.14. The van der Waals surface area contributed by atoms with Crippen LogP contribution in [-0.2, 0) is 0 Å². The lowest BCUT2D eigenvalue weighted by Crippen LogP contribution is -2.34. The molecule has 0 aromatic heterocycles. The van der Waals surface area contributed by atoms with Crippen molar-refractivity contribution >= 4 is 11.6 Å². The third-order valence-electron chi connectivity index (χ3n) is 4.13. The Labute approximate surface area is 123 Å². The van der Waals surface area contributed by atoms with E-state index in [1.807, 2.05) is 0 Å². The van der Waals surface area contributed by atoms with Crippen LogP contribution in [0.1, 0.15) is 35.2 Å². The minimum atomic E-state index is -0.479. The van der Waals surface area contributed by atoms with Gasteiger partial charge in [-0.05, 0) is 25.8 Å². The van der Waals surface area contributed by atoms with Gasteiger partial charge in [0.1, 0.15) is 0 Å². The van der Waals surface area contributed by atoms with Crippen LogP contribution >= 0.6 is 0 Å². The van der Waals surface area contributed by atoms with E-state index in [0.29, 0.717) is 17.7 Å². The van der Waals surface area contributed by atoms with Crippen molar-refractivity contribution in [1.82, 2.24) is 4.90 Å². The molecule has 2 rings (SSSR count). The van der Waals surface area contributed by atoms with Gasteiger partial charge in [-0.15, -0.1) is 0 Å². The maximum absolute atomic E-state index is 12.3. The highest BCUT2D eigenvalue weighted by molar-refractivity contribution is 5.94. The molecule has 1 aliphatic carbocycles. The van der Waals surface area contributed by atoms with E-state index >= 15 is 0 Å². The van der Waals surface area contributed by atoms with Crippen molar-refractivity contribution in [2.24, 2.45) is 5.92 Å². The normalized spacial score (nSPS) is 21.3. The SMILES string of the molecule is Cc1ccc(C(=O)N(C)CC2CCCC2O)cc1[N+](=O)[O-]. The van der Waals surface area contributed by atoms with Crippen LogP contribution in [0.3, 0.4) is 0 Å². The van der Waals surface area contributed by atoms with Crippen molar-refractivity contribution < 1.29 is 14.8 Å². The largest absolute Gasteiger partial charge is 0.393 e. The van der Waals surface area contributed by atoms with Gasteiger partial charge in [0.15, 0.2) is 0 Å². The number of benzene rings is 1. The molecule has 1 fully saturated rings. The molecule has 0 radical (unpaired) electrons. The fourth-order valence-corrected chi connectivity index (χ4v) is 2.82. The van der Waals surface area contributed by atoms with Gasteiger partial charge in [0.25, 0.3) is 11.6 Å². The lowest BCUT2D eigenvalue weighted by atomic mass is 10.0. The first-order valence-corrected chi connectivity index (χ1v) is 7.08. The van der Waals surface area contributed by atoms with Gasteiger partial charge in [0, 0.05) is 36.7 Å². The Bertz CT molecular complexity index is 559. The van der Waals surface area contributed by atoms with Crippen molar-refractivity contribution in [2.45, 2.75) is 32.3 Å². The quantitative estimate of drug-likeness (QED) is 0.680. The molecule has 0 bridgehead atoms. The number of nitro benzene ring substituents is 1. The first-order chi connectivity index (χ1) is 9.90. The number of carbonyl (C=O) groups is 1. The van der Waals surface area contributed by atoms with Gasteiger partial charge in [-0.1, -0.05) is 12.5 Å². The molecule has 1 amide bonds. The number of aryl methyl sites for hydroxylation is 1. The van der Waals surface area contributed by atoms with Gasteiger partial charge in [-0.2, -0.15) is 0 Å². The molecule has 2 atom stereocenters. The van der Waals surface area contributed by atoms with Crippen LogP contribution in [0.15, 0.2) is 18.2 Å². The highest BCUT2D eigenvalue weighted by Crippen LogP contribution is 2.27. The molecule has 1 N–H and O–H groups in total. The molecular formula is C15H20N2O4. The molecule has 0 spiro atoms. The van der Waals surface area contributed by atoms with Crippen LogP contribution in [-0.4, -0.2) is 40.5 Å². The molecule has 1 aromatic carbocycles. The number of aliphatic hydroxyl groups excluding tert-OH is 1. The van der Waals surface area contributed by atoms with Crippen molar-refractivity contribution in [3.05, 3.63) is 39.4 Å². The summed E-state index contributed by atoms with van der Waals surface area (Å²) in [6.07, 6.45) is 2.31. The number of hydrogen-bond acceptors (Lipinski definition) is 4. The van der Waals surface area contributed by atoms with E-state index in [1.54, 1.807) is 26.1 Å². The van der Waals surface area contributed by atoms with Crippen molar-refractivity contribution in [2.75, 3.05) is 13.6 Å². The molecule has 1 aliphatic rings. The van der Waals surface area contributed by atoms with Crippen molar-refractivity contribution in [1.29, 1.82) is 0 Å². The molecule has 114 valence electrons. The summed E-state index contributed by atoms with van der Waals surface area (Å²) < 4.78 is 0. The van der Waals surface area contributed by atoms with Gasteiger partial charge >= 0.3 is 0 Å². The second kappa shape index (κ2) is 6.22. The Morgan fingerprint density at radius 3 is 2.76 bits per heavy atom. The zero-order chi connectivity index (χ0) is 15.6. The van der Waals surface area contributed by atoms with Crippen LogP contribution in [0.25, 0.3) is 0 Å². The lowest BCUT2D eigenvalue weighted by Gasteiger charge is -2.23. The maximum atomic E-state index is 12.3. The van der Waals surface area contributed by atoms with Gasteiger partial charge in [0.2, 0.25) is 0 Å². The van der Waals surface area contributed by atoms with Gasteiger partial charge < -0.3 is 10.0 Å². The van der Waals surface area contributed by atoms with Gasteiger partial charge in [-0.25, -0.2) is 0 Å². The zero-order valence-electron chi connectivity index (χ0n) is 12.3. The average Bonchev–Trinajstić information content (AvgIpc) is 2.83. The highest BCUT2D eigenvalue weighted by atomic mass is 16.6. The van der Waals surface area contributed by atoms with E-state index < -0.39 is 4.92 Å². The third kappa shape index (κ3) is 3.39. The Morgan fingerprint density at radius 1 is 1.48 bits per heavy atom. The molecule has 21 heavy (non-hydrogen) atoms. The van der Waals surface area contributed by atoms with Crippen LogP contribution in [0.2, 0.25) is 0 Å². The Kier molecular flexibility index (Phi) is 4.57. The summed E-state index contributed by atoms with van der Waals surface area (Å²) in [6.45, 7) is 2.12. The minimum absolute atomic E-state index is 0.0462. The number of nitro groups is 1. The smallest absolute Gasteiger partial charge is 0.273 e. The summed E-state index contributed by atoms with van der Waals surface area (Å²) in [4.78, 5) is 24.3. The second-order valence-electron chi connectivity index (χ2n) is 5.70. The van der Waals surface area contributed by atoms with E-state index in [4.69, 9.17) is 0 Å². The molecule has 0 aliphatic heterocycles. The Morgan fingerprint density at radius 2 is 2.19 bits per heavy atom. The topological polar surface area (TPSA) is 83.7 Å². The molecule has 0 saturated heterocycles. The first kappa shape index (κ1) is 15.4. The minimum Gasteiger partial charge on any atom is -0.393 e. The van der Waals surface area contributed by atoms with E-state index in [0.717, 1.165) is 19.3 Å². The number of amides is 1. The number of hydrogen-bond donors (Lipinski definition) is 1. The van der Waals surface area contributed by atoms with E-state index in [2.05, 4.69) is 0 Å². The molecule has 6 nitrogen and oxygen atoms in total. The van der Waals surface area contributed by atoms with Crippen LogP contribution in [0.4, 0.5) is 5.69 Å². The number of aliphatic hydroxyl groups is 1. The fraction of sp³-hybridized carbons (Fsp3) is 0.533. The zero-order valence-corrected chi connectivity index (χ0v) is 12.3. The first-order valence-electron chi connectivity index (χ1n) is 7.08. The van der Waals surface area contributed by atoms with E-state index in [1.165, 1.54) is 11.0 Å². The molecule has 1 saturated carbocycles. The van der Waals surface area contributed by atoms with E-state index in [9.17, 15) is 20.0 Å². The number of rotatable bonds is 4. The summed E-state index contributed by atoms with van der Waals surface area (Å²) in [7, 11) is 1.67. The average molecular weight is 292 g/mol. The number of nitrogens with zero attached hydrogens (tertiary/aromatic N) is 2. The fourth-order valence-electron chi connectivity index (χ4n) is 2.82. The van der Waals surface area contributed by atoms with Crippen molar-refractivity contribution in [3.63, 3.8) is 0 Å². The van der Waals surface area contributed by atoms with Crippen LogP contribution < -0.4 is 0 Å². The monoisotopic (exact) mass is 292 g/mol. The third-order valence-corrected chi connectivity index (χ3v) is 4.13. The Hall–Kier alpha value is -1.95. The Balaban J connectivity index is 2.12. The maximum Gasteiger partial charge on any atom is 0.273 e. The van der Waals surface area contributed by atoms with Gasteiger partial charge in [-0.3, -0.25) is 14.9 Å². The summed E-state index contributed by atoms with van der Waals surface area (Å²) >= 11 is 0. The standard InChI is InChI=1S/C15H20N2O4/c1-10-6-7-11(8-13(10)17(20)21)15(19)16(2)9-12-4-3-5-14(12)18/h6-8,12,14,18H,3-5,9H2,1-2H3. The van der Waals surface area contributed by atoms with Gasteiger partial charge in [0.05, 0.1) is 11.0 Å². The van der Waals surface area contributed by atoms with Crippen LogP contribution in [0.5, 0.6) is 0 Å². The summed E-state index contributed by atoms with van der Waals surface area (Å²) in [5, 5.41) is 20.8. The summed E-state index contributed by atoms with van der Waals surface area (Å²) in [6, 6.07) is 4.51. The summed E-state index contributed by atoms with van der Waals surface area (Å²) in [5.41, 5.74) is 0.794. The second-order valence-corrected chi connectivity index (χ2v) is 5.70. The predicted molar refractivity (Wildman–Crippen MR) is 78.1 cm³/mol. The van der Waals surface area contributed by atoms with Crippen molar-refractivity contribution in [3.8, 4) is 0 Å². The molecular weight excluding hydrogens is 272 g/mol. The molecule has 2 unspecified atom stereocenters. The van der Waals surface area contributed by atoms with E-state index in [-0.39, 0.29) is 23.6 Å². The lowest BCUT2D eigenvalue weighted by molar-refractivity contribution is -0.385. The summed E-state index contributed by atoms with van der Waals surface area (Å²) in [5.74, 6) is -0.156. The molecule has 1 aromatic rings. The molecule has 6 heteroatoms. The molecule has 0 heterocycles. The number of carbonyl (C=O) groups excluding carboxylic acids is 1. The van der Waals surface area contributed by atoms with Crippen LogP contribution in [0, 0.1) is 23.0 Å².